The summed E-state index contributed by atoms with van der Waals surface area (Å²) < 4.78 is 4.93. The van der Waals surface area contributed by atoms with Crippen LogP contribution in [0.5, 0.6) is 0 Å². The lowest BCUT2D eigenvalue weighted by molar-refractivity contribution is -0.145. The summed E-state index contributed by atoms with van der Waals surface area (Å²) in [4.78, 5) is 11.4. The standard InChI is InChI=1S/C9H14N2O2/c1-3-7(9(12)13-4-2)8-5-6-10-11-8/h5-7H,3-4H2,1-2H3,(H,10,11). The Morgan fingerprint density at radius 1 is 1.69 bits per heavy atom. The molecule has 0 aliphatic rings. The normalized spacial score (nSPS) is 12.5. The molecule has 0 radical (unpaired) electrons. The van der Waals surface area contributed by atoms with E-state index in [0.29, 0.717) is 6.61 Å². The van der Waals surface area contributed by atoms with E-state index in [4.69, 9.17) is 4.74 Å². The van der Waals surface area contributed by atoms with Crippen LogP contribution in [0.15, 0.2) is 12.3 Å². The minimum absolute atomic E-state index is 0.186. The van der Waals surface area contributed by atoms with Crippen LogP contribution in [0.4, 0.5) is 0 Å². The molecule has 72 valence electrons. The predicted molar refractivity (Wildman–Crippen MR) is 48.3 cm³/mol. The van der Waals surface area contributed by atoms with Gasteiger partial charge in [0.1, 0.15) is 0 Å². The summed E-state index contributed by atoms with van der Waals surface area (Å²) in [5, 5.41) is 6.58. The Balaban J connectivity index is 2.68. The van der Waals surface area contributed by atoms with Gasteiger partial charge >= 0.3 is 5.97 Å². The lowest BCUT2D eigenvalue weighted by atomic mass is 10.0. The van der Waals surface area contributed by atoms with Gasteiger partial charge in [-0.05, 0) is 19.4 Å². The van der Waals surface area contributed by atoms with E-state index < -0.39 is 0 Å². The van der Waals surface area contributed by atoms with Gasteiger partial charge in [-0.3, -0.25) is 9.89 Å². The van der Waals surface area contributed by atoms with Gasteiger partial charge in [0.15, 0.2) is 0 Å². The zero-order valence-electron chi connectivity index (χ0n) is 7.91. The van der Waals surface area contributed by atoms with Crippen molar-refractivity contribution >= 4 is 5.97 Å². The first kappa shape index (κ1) is 9.77. The van der Waals surface area contributed by atoms with Crippen molar-refractivity contribution in [1.29, 1.82) is 0 Å². The van der Waals surface area contributed by atoms with E-state index in [1.54, 1.807) is 19.2 Å². The van der Waals surface area contributed by atoms with Crippen molar-refractivity contribution < 1.29 is 9.53 Å². The van der Waals surface area contributed by atoms with E-state index in [2.05, 4.69) is 10.2 Å². The number of aromatic nitrogens is 2. The summed E-state index contributed by atoms with van der Waals surface area (Å²) in [7, 11) is 0. The lowest BCUT2D eigenvalue weighted by Gasteiger charge is -2.10. The summed E-state index contributed by atoms with van der Waals surface area (Å²) in [6.07, 6.45) is 2.36. The number of esters is 1. The maximum absolute atomic E-state index is 11.4. The molecule has 1 atom stereocenters. The molecule has 0 saturated carbocycles. The van der Waals surface area contributed by atoms with Crippen LogP contribution in [0.1, 0.15) is 31.9 Å². The third-order valence-electron chi connectivity index (χ3n) is 1.88. The molecule has 1 heterocycles. The van der Waals surface area contributed by atoms with Crippen molar-refractivity contribution in [2.45, 2.75) is 26.2 Å². The first-order chi connectivity index (χ1) is 6.29. The molecule has 0 saturated heterocycles. The van der Waals surface area contributed by atoms with Crippen LogP contribution in [0.2, 0.25) is 0 Å². The van der Waals surface area contributed by atoms with Gasteiger partial charge < -0.3 is 4.74 Å². The number of carbonyl (C=O) groups is 1. The zero-order chi connectivity index (χ0) is 9.68. The van der Waals surface area contributed by atoms with Crippen molar-refractivity contribution in [3.63, 3.8) is 0 Å². The Labute approximate surface area is 77.3 Å². The Bertz CT molecular complexity index is 257. The van der Waals surface area contributed by atoms with Crippen molar-refractivity contribution in [3.8, 4) is 0 Å². The van der Waals surface area contributed by atoms with Crippen LogP contribution < -0.4 is 0 Å². The molecule has 4 heteroatoms. The number of ether oxygens (including phenoxy) is 1. The molecule has 0 aliphatic carbocycles. The second-order valence-corrected chi connectivity index (χ2v) is 2.72. The summed E-state index contributed by atoms with van der Waals surface area (Å²) in [5.41, 5.74) is 0.820. The fraction of sp³-hybridized carbons (Fsp3) is 0.556. The smallest absolute Gasteiger partial charge is 0.314 e. The van der Waals surface area contributed by atoms with Gasteiger partial charge in [-0.15, -0.1) is 0 Å². The van der Waals surface area contributed by atoms with E-state index in [-0.39, 0.29) is 11.9 Å². The average Bonchev–Trinajstić information content (AvgIpc) is 2.59. The van der Waals surface area contributed by atoms with Crippen LogP contribution in [0.25, 0.3) is 0 Å². The van der Waals surface area contributed by atoms with Crippen molar-refractivity contribution in [2.24, 2.45) is 0 Å². The van der Waals surface area contributed by atoms with Crippen molar-refractivity contribution in [3.05, 3.63) is 18.0 Å². The summed E-state index contributed by atoms with van der Waals surface area (Å²) >= 11 is 0. The highest BCUT2D eigenvalue weighted by molar-refractivity contribution is 5.77. The average molecular weight is 182 g/mol. The first-order valence-corrected chi connectivity index (χ1v) is 4.45. The second kappa shape index (κ2) is 4.64. The van der Waals surface area contributed by atoms with Crippen LogP contribution in [-0.2, 0) is 9.53 Å². The number of nitrogens with one attached hydrogen (secondary N) is 1. The molecule has 0 fully saturated rings. The molecule has 0 amide bonds. The van der Waals surface area contributed by atoms with Gasteiger partial charge in [0.05, 0.1) is 12.5 Å². The molecule has 1 aromatic rings. The van der Waals surface area contributed by atoms with Crippen LogP contribution in [0.3, 0.4) is 0 Å². The Hall–Kier alpha value is -1.32. The van der Waals surface area contributed by atoms with Crippen LogP contribution >= 0.6 is 0 Å². The minimum atomic E-state index is -0.206. The quantitative estimate of drug-likeness (QED) is 0.717. The maximum atomic E-state index is 11.4. The van der Waals surface area contributed by atoms with Crippen molar-refractivity contribution in [2.75, 3.05) is 6.61 Å². The first-order valence-electron chi connectivity index (χ1n) is 4.45. The Morgan fingerprint density at radius 3 is 2.92 bits per heavy atom. The second-order valence-electron chi connectivity index (χ2n) is 2.72. The van der Waals surface area contributed by atoms with E-state index in [1.807, 2.05) is 6.92 Å². The number of hydrogen-bond donors (Lipinski definition) is 1. The largest absolute Gasteiger partial charge is 0.465 e. The van der Waals surface area contributed by atoms with Gasteiger partial charge in [0, 0.05) is 11.9 Å². The molecule has 0 aliphatic heterocycles. The van der Waals surface area contributed by atoms with Crippen LogP contribution in [0, 0.1) is 0 Å². The minimum Gasteiger partial charge on any atom is -0.465 e. The van der Waals surface area contributed by atoms with E-state index in [0.717, 1.165) is 12.1 Å². The highest BCUT2D eigenvalue weighted by Crippen LogP contribution is 2.17. The van der Waals surface area contributed by atoms with Gasteiger partial charge in [-0.1, -0.05) is 6.92 Å². The van der Waals surface area contributed by atoms with E-state index >= 15 is 0 Å². The zero-order valence-corrected chi connectivity index (χ0v) is 7.91. The molecule has 4 nitrogen and oxygen atoms in total. The number of hydrogen-bond acceptors (Lipinski definition) is 3. The number of aromatic amines is 1. The molecule has 0 spiro atoms. The summed E-state index contributed by atoms with van der Waals surface area (Å²) in [6, 6.07) is 1.80. The van der Waals surface area contributed by atoms with Gasteiger partial charge in [0.2, 0.25) is 0 Å². The number of rotatable bonds is 4. The topological polar surface area (TPSA) is 55.0 Å². The third kappa shape index (κ3) is 2.31. The Kier molecular flexibility index (Phi) is 3.49. The fourth-order valence-electron chi connectivity index (χ4n) is 1.22. The molecule has 1 unspecified atom stereocenters. The molecule has 1 N–H and O–H groups in total. The summed E-state index contributed by atoms with van der Waals surface area (Å²) in [6.45, 7) is 4.17. The number of carbonyl (C=O) groups excluding carboxylic acids is 1. The highest BCUT2D eigenvalue weighted by atomic mass is 16.5. The molecule has 1 rings (SSSR count). The van der Waals surface area contributed by atoms with Gasteiger partial charge in [-0.25, -0.2) is 0 Å². The van der Waals surface area contributed by atoms with Gasteiger partial charge in [-0.2, -0.15) is 5.10 Å². The molecule has 0 bridgehead atoms. The molecule has 0 aromatic carbocycles. The number of nitrogens with zero attached hydrogens (tertiary/aromatic N) is 1. The fourth-order valence-corrected chi connectivity index (χ4v) is 1.22. The SMILES string of the molecule is CCOC(=O)C(CC)c1ccn[nH]1. The van der Waals surface area contributed by atoms with E-state index in [9.17, 15) is 4.79 Å². The van der Waals surface area contributed by atoms with Gasteiger partial charge in [0.25, 0.3) is 0 Å². The molecule has 1 aromatic heterocycles. The lowest BCUT2D eigenvalue weighted by Crippen LogP contribution is -2.15. The highest BCUT2D eigenvalue weighted by Gasteiger charge is 2.20. The predicted octanol–water partition coefficient (Wildman–Crippen LogP) is 1.47. The monoisotopic (exact) mass is 182 g/mol. The summed E-state index contributed by atoms with van der Waals surface area (Å²) in [5.74, 6) is -0.392. The molecule has 13 heavy (non-hydrogen) atoms. The van der Waals surface area contributed by atoms with Crippen LogP contribution in [-0.4, -0.2) is 22.8 Å². The van der Waals surface area contributed by atoms with E-state index in [1.165, 1.54) is 0 Å². The number of H-pyrrole nitrogens is 1. The maximum Gasteiger partial charge on any atom is 0.314 e. The molecular weight excluding hydrogens is 168 g/mol. The molecular formula is C9H14N2O2. The Morgan fingerprint density at radius 2 is 2.46 bits per heavy atom. The van der Waals surface area contributed by atoms with Crippen molar-refractivity contribution in [1.82, 2.24) is 10.2 Å². The third-order valence-corrected chi connectivity index (χ3v) is 1.88.